The number of likely N-dealkylation sites (tertiary alicyclic amines) is 1. The Labute approximate surface area is 163 Å². The Morgan fingerprint density at radius 3 is 2.93 bits per heavy atom. The van der Waals surface area contributed by atoms with Gasteiger partial charge in [-0.25, -0.2) is 9.78 Å². The van der Waals surface area contributed by atoms with Gasteiger partial charge in [0.05, 0.1) is 15.2 Å². The van der Waals surface area contributed by atoms with E-state index in [0.29, 0.717) is 12.6 Å². The van der Waals surface area contributed by atoms with Crippen molar-refractivity contribution in [2.75, 3.05) is 13.1 Å². The lowest BCUT2D eigenvalue weighted by Crippen LogP contribution is -2.39. The van der Waals surface area contributed by atoms with Crippen LogP contribution < -0.4 is 5.69 Å². The van der Waals surface area contributed by atoms with Crippen LogP contribution in [0.4, 0.5) is 0 Å². The number of fused-ring (bicyclic) bond motifs is 1. The number of aromatic nitrogens is 5. The summed E-state index contributed by atoms with van der Waals surface area (Å²) in [4.78, 5) is 19.7. The number of para-hydroxylation sites is 1. The van der Waals surface area contributed by atoms with Gasteiger partial charge in [-0.1, -0.05) is 12.1 Å². The average molecular weight is 399 g/mol. The minimum absolute atomic E-state index is 0.195. The van der Waals surface area contributed by atoms with Crippen molar-refractivity contribution in [2.24, 2.45) is 0 Å². The molecule has 0 saturated carbocycles. The second kappa shape index (κ2) is 6.99. The average Bonchev–Trinajstić information content (AvgIpc) is 3.42. The van der Waals surface area contributed by atoms with Gasteiger partial charge in [0.15, 0.2) is 0 Å². The molecule has 138 valence electrons. The first-order valence-electron chi connectivity index (χ1n) is 8.92. The second-order valence-electron chi connectivity index (χ2n) is 6.70. The molecule has 27 heavy (non-hydrogen) atoms. The van der Waals surface area contributed by atoms with Crippen LogP contribution in [0.15, 0.2) is 46.6 Å². The lowest BCUT2D eigenvalue weighted by molar-refractivity contribution is 0.154. The van der Waals surface area contributed by atoms with Crippen molar-refractivity contribution >= 4 is 32.9 Å². The molecule has 0 bridgehead atoms. The monoisotopic (exact) mass is 398 g/mol. The summed E-state index contributed by atoms with van der Waals surface area (Å²) in [6, 6.07) is 12.1. The van der Waals surface area contributed by atoms with E-state index in [1.165, 1.54) is 30.4 Å². The van der Waals surface area contributed by atoms with Crippen molar-refractivity contribution in [3.63, 3.8) is 0 Å². The normalized spacial score (nSPS) is 18.3. The van der Waals surface area contributed by atoms with E-state index >= 15 is 0 Å². The summed E-state index contributed by atoms with van der Waals surface area (Å²) in [5.41, 5.74) is 0.879. The van der Waals surface area contributed by atoms with Crippen molar-refractivity contribution < 1.29 is 0 Å². The number of hydrogen-bond acceptors (Lipinski definition) is 7. The molecule has 4 heterocycles. The molecule has 3 aromatic heterocycles. The van der Waals surface area contributed by atoms with Gasteiger partial charge in [0.25, 0.3) is 0 Å². The van der Waals surface area contributed by atoms with Gasteiger partial charge in [0.2, 0.25) is 0 Å². The highest BCUT2D eigenvalue weighted by Crippen LogP contribution is 2.32. The van der Waals surface area contributed by atoms with E-state index in [9.17, 15) is 4.79 Å². The molecule has 1 saturated heterocycles. The molecule has 0 unspecified atom stereocenters. The van der Waals surface area contributed by atoms with Crippen LogP contribution in [0.3, 0.4) is 0 Å². The number of piperidine rings is 1. The van der Waals surface area contributed by atoms with Crippen LogP contribution in [-0.2, 0) is 6.67 Å². The first-order chi connectivity index (χ1) is 13.3. The standard InChI is InChI=1S/C18H18N6OS2/c25-18-23(20-21-24(18)16-8-4-10-26-16)12-22-9-3-5-13(11-22)17-19-14-6-1-2-7-15(14)27-17/h1-2,4,6-8,10,13H,3,5,9,11-12H2/t13-/m1/s1. The maximum absolute atomic E-state index is 12.6. The fourth-order valence-electron chi connectivity index (χ4n) is 3.53. The van der Waals surface area contributed by atoms with Crippen LogP contribution in [0.5, 0.6) is 0 Å². The van der Waals surface area contributed by atoms with E-state index in [2.05, 4.69) is 33.5 Å². The van der Waals surface area contributed by atoms with Gasteiger partial charge in [-0.2, -0.15) is 9.36 Å². The molecule has 0 aliphatic carbocycles. The third-order valence-electron chi connectivity index (χ3n) is 4.85. The number of hydrogen-bond donors (Lipinski definition) is 0. The summed E-state index contributed by atoms with van der Waals surface area (Å²) in [6.07, 6.45) is 2.22. The fraction of sp³-hybridized carbons (Fsp3) is 0.333. The Bertz CT molecular complexity index is 1080. The third-order valence-corrected chi connectivity index (χ3v) is 6.90. The Balaban J connectivity index is 1.34. The number of thiazole rings is 1. The molecular formula is C18H18N6OS2. The van der Waals surface area contributed by atoms with Crippen molar-refractivity contribution in [3.05, 3.63) is 57.3 Å². The first kappa shape index (κ1) is 16.8. The third kappa shape index (κ3) is 3.22. The molecule has 4 aromatic rings. The summed E-state index contributed by atoms with van der Waals surface area (Å²) in [5.74, 6) is 0.402. The molecule has 1 aromatic carbocycles. The van der Waals surface area contributed by atoms with Crippen molar-refractivity contribution in [1.82, 2.24) is 29.7 Å². The minimum Gasteiger partial charge on any atom is -0.283 e. The number of benzene rings is 1. The molecule has 1 atom stereocenters. The number of tetrazole rings is 1. The molecule has 7 nitrogen and oxygen atoms in total. The Morgan fingerprint density at radius 1 is 1.15 bits per heavy atom. The summed E-state index contributed by atoms with van der Waals surface area (Å²) >= 11 is 3.26. The Morgan fingerprint density at radius 2 is 2.07 bits per heavy atom. The van der Waals surface area contributed by atoms with Gasteiger partial charge in [0, 0.05) is 12.5 Å². The van der Waals surface area contributed by atoms with Crippen LogP contribution in [0.25, 0.3) is 15.2 Å². The van der Waals surface area contributed by atoms with E-state index < -0.39 is 0 Å². The second-order valence-corrected chi connectivity index (χ2v) is 8.69. The van der Waals surface area contributed by atoms with Gasteiger partial charge in [-0.15, -0.1) is 22.7 Å². The molecule has 1 aliphatic heterocycles. The highest BCUT2D eigenvalue weighted by molar-refractivity contribution is 7.18. The predicted molar refractivity (Wildman–Crippen MR) is 107 cm³/mol. The number of thiophene rings is 1. The summed E-state index contributed by atoms with van der Waals surface area (Å²) < 4.78 is 4.04. The van der Waals surface area contributed by atoms with Gasteiger partial charge < -0.3 is 0 Å². The van der Waals surface area contributed by atoms with E-state index in [4.69, 9.17) is 4.98 Å². The van der Waals surface area contributed by atoms with Gasteiger partial charge >= 0.3 is 5.69 Å². The number of rotatable bonds is 4. The number of nitrogens with zero attached hydrogens (tertiary/aromatic N) is 6. The largest absolute Gasteiger partial charge is 0.370 e. The highest BCUT2D eigenvalue weighted by Gasteiger charge is 2.25. The molecule has 1 aliphatic rings. The quantitative estimate of drug-likeness (QED) is 0.529. The maximum atomic E-state index is 12.6. The van der Waals surface area contributed by atoms with Crippen molar-refractivity contribution in [1.29, 1.82) is 0 Å². The Kier molecular flexibility index (Phi) is 4.35. The maximum Gasteiger partial charge on any atom is 0.370 e. The fourth-order valence-corrected chi connectivity index (χ4v) is 5.29. The van der Waals surface area contributed by atoms with Crippen LogP contribution in [-0.4, -0.2) is 42.8 Å². The zero-order valence-corrected chi connectivity index (χ0v) is 16.2. The predicted octanol–water partition coefficient (Wildman–Crippen LogP) is 2.94. The molecule has 5 rings (SSSR count). The Hall–Kier alpha value is -2.36. The van der Waals surface area contributed by atoms with Gasteiger partial charge in [0.1, 0.15) is 11.7 Å². The summed E-state index contributed by atoms with van der Waals surface area (Å²) in [7, 11) is 0. The molecule has 0 amide bonds. The molecule has 0 radical (unpaired) electrons. The molecule has 0 N–H and O–H groups in total. The van der Waals surface area contributed by atoms with Crippen LogP contribution in [0, 0.1) is 0 Å². The molecule has 1 fully saturated rings. The SMILES string of the molecule is O=c1n(CN2CCC[C@@H](c3nc4ccccc4s3)C2)nnn1-c1cccs1. The summed E-state index contributed by atoms with van der Waals surface area (Å²) in [6.45, 7) is 2.31. The van der Waals surface area contributed by atoms with E-state index in [-0.39, 0.29) is 5.69 Å². The van der Waals surface area contributed by atoms with Gasteiger partial charge in [-0.3, -0.25) is 4.90 Å². The van der Waals surface area contributed by atoms with Crippen molar-refractivity contribution in [3.8, 4) is 5.00 Å². The van der Waals surface area contributed by atoms with Crippen LogP contribution >= 0.6 is 22.7 Å². The molecular weight excluding hydrogens is 380 g/mol. The van der Waals surface area contributed by atoms with Crippen LogP contribution in [0.1, 0.15) is 23.8 Å². The topological polar surface area (TPSA) is 68.8 Å². The van der Waals surface area contributed by atoms with Crippen LogP contribution in [0.2, 0.25) is 0 Å². The van der Waals surface area contributed by atoms with E-state index in [1.54, 1.807) is 11.3 Å². The lowest BCUT2D eigenvalue weighted by Gasteiger charge is -2.30. The first-order valence-corrected chi connectivity index (χ1v) is 10.6. The summed E-state index contributed by atoms with van der Waals surface area (Å²) in [5, 5.41) is 12.0. The molecule has 9 heteroatoms. The minimum atomic E-state index is -0.195. The van der Waals surface area contributed by atoms with Crippen molar-refractivity contribution in [2.45, 2.75) is 25.4 Å². The van der Waals surface area contributed by atoms with Gasteiger partial charge in [-0.05, 0) is 59.5 Å². The zero-order chi connectivity index (χ0) is 18.2. The lowest BCUT2D eigenvalue weighted by atomic mass is 9.99. The highest BCUT2D eigenvalue weighted by atomic mass is 32.1. The van der Waals surface area contributed by atoms with E-state index in [1.807, 2.05) is 23.6 Å². The zero-order valence-electron chi connectivity index (χ0n) is 14.6. The smallest absolute Gasteiger partial charge is 0.283 e. The molecule has 0 spiro atoms. The van der Waals surface area contributed by atoms with E-state index in [0.717, 1.165) is 36.4 Å².